The fourth-order valence-corrected chi connectivity index (χ4v) is 1.69. The lowest BCUT2D eigenvalue weighted by molar-refractivity contribution is -0.137. The van der Waals surface area contributed by atoms with E-state index in [2.05, 4.69) is 5.32 Å². The minimum atomic E-state index is -1.08. The second kappa shape index (κ2) is 9.98. The number of aliphatic carboxylic acids is 1. The van der Waals surface area contributed by atoms with Crippen molar-refractivity contribution in [3.63, 3.8) is 0 Å². The molecule has 21 heavy (non-hydrogen) atoms. The molecule has 0 aromatic rings. The van der Waals surface area contributed by atoms with Crippen LogP contribution in [0.2, 0.25) is 0 Å². The second-order valence-corrected chi connectivity index (χ2v) is 5.15. The van der Waals surface area contributed by atoms with E-state index in [4.69, 9.17) is 9.84 Å². The van der Waals surface area contributed by atoms with Crippen molar-refractivity contribution < 1.29 is 24.2 Å². The van der Waals surface area contributed by atoms with Gasteiger partial charge in [0.15, 0.2) is 0 Å². The number of methoxy groups -OCH3 is 1. The Morgan fingerprint density at radius 2 is 1.86 bits per heavy atom. The number of amides is 3. The molecule has 0 aliphatic carbocycles. The smallest absolute Gasteiger partial charge is 0.323 e. The summed E-state index contributed by atoms with van der Waals surface area (Å²) in [7, 11) is 2.99. The third kappa shape index (κ3) is 8.85. The maximum atomic E-state index is 12.2. The molecule has 0 heterocycles. The third-order valence-electron chi connectivity index (χ3n) is 2.52. The van der Waals surface area contributed by atoms with Gasteiger partial charge in [0.25, 0.3) is 0 Å². The molecule has 8 heteroatoms. The molecule has 0 saturated heterocycles. The Hall–Kier alpha value is -1.83. The number of hydrogen-bond acceptors (Lipinski definition) is 4. The normalized spacial score (nSPS) is 10.3. The van der Waals surface area contributed by atoms with Crippen LogP contribution in [0.4, 0.5) is 4.79 Å². The summed E-state index contributed by atoms with van der Waals surface area (Å²) in [6.45, 7) is 4.34. The van der Waals surface area contributed by atoms with E-state index >= 15 is 0 Å². The van der Waals surface area contributed by atoms with Gasteiger partial charge in [0, 0.05) is 27.2 Å². The summed E-state index contributed by atoms with van der Waals surface area (Å²) >= 11 is 0. The highest BCUT2D eigenvalue weighted by Crippen LogP contribution is 2.03. The van der Waals surface area contributed by atoms with Crippen LogP contribution in [0, 0.1) is 5.92 Å². The SMILES string of the molecule is COCCNC(=O)CN(C)C(=O)N(CC(=O)O)CC(C)C. The lowest BCUT2D eigenvalue weighted by Crippen LogP contribution is -2.48. The van der Waals surface area contributed by atoms with Crippen molar-refractivity contribution in [2.24, 2.45) is 5.92 Å². The first kappa shape index (κ1) is 19.2. The maximum Gasteiger partial charge on any atom is 0.323 e. The van der Waals surface area contributed by atoms with Gasteiger partial charge in [-0.25, -0.2) is 4.79 Å². The molecule has 0 rings (SSSR count). The number of rotatable bonds is 9. The lowest BCUT2D eigenvalue weighted by Gasteiger charge is -2.28. The van der Waals surface area contributed by atoms with E-state index in [1.807, 2.05) is 13.8 Å². The number of urea groups is 1. The van der Waals surface area contributed by atoms with Crippen LogP contribution in [-0.4, -0.2) is 79.8 Å². The topological polar surface area (TPSA) is 99.2 Å². The summed E-state index contributed by atoms with van der Waals surface area (Å²) in [5, 5.41) is 11.4. The lowest BCUT2D eigenvalue weighted by atomic mass is 10.2. The predicted octanol–water partition coefficient (Wildman–Crippen LogP) is -0.157. The number of nitrogens with zero attached hydrogens (tertiary/aromatic N) is 2. The van der Waals surface area contributed by atoms with Crippen molar-refractivity contribution >= 4 is 17.9 Å². The van der Waals surface area contributed by atoms with E-state index in [0.717, 1.165) is 0 Å². The molecular weight excluding hydrogens is 278 g/mol. The number of hydrogen-bond donors (Lipinski definition) is 2. The highest BCUT2D eigenvalue weighted by atomic mass is 16.5. The van der Waals surface area contributed by atoms with Gasteiger partial charge in [-0.1, -0.05) is 13.8 Å². The van der Waals surface area contributed by atoms with Gasteiger partial charge in [0.2, 0.25) is 5.91 Å². The van der Waals surface area contributed by atoms with Crippen molar-refractivity contribution in [1.29, 1.82) is 0 Å². The van der Waals surface area contributed by atoms with E-state index in [1.54, 1.807) is 0 Å². The monoisotopic (exact) mass is 303 g/mol. The second-order valence-electron chi connectivity index (χ2n) is 5.15. The molecule has 0 aliphatic rings. The third-order valence-corrected chi connectivity index (χ3v) is 2.52. The van der Waals surface area contributed by atoms with Crippen LogP contribution < -0.4 is 5.32 Å². The molecule has 0 radical (unpaired) electrons. The Kier molecular flexibility index (Phi) is 9.11. The Morgan fingerprint density at radius 1 is 1.24 bits per heavy atom. The highest BCUT2D eigenvalue weighted by Gasteiger charge is 2.22. The Labute approximate surface area is 125 Å². The van der Waals surface area contributed by atoms with Crippen LogP contribution in [-0.2, 0) is 14.3 Å². The van der Waals surface area contributed by atoms with Crippen LogP contribution in [0.15, 0.2) is 0 Å². The van der Waals surface area contributed by atoms with Crippen LogP contribution >= 0.6 is 0 Å². The summed E-state index contributed by atoms with van der Waals surface area (Å²) in [6, 6.07) is -0.479. The van der Waals surface area contributed by atoms with Crippen molar-refractivity contribution in [3.8, 4) is 0 Å². The van der Waals surface area contributed by atoms with Gasteiger partial charge in [-0.3, -0.25) is 9.59 Å². The molecule has 0 aliphatic heterocycles. The van der Waals surface area contributed by atoms with Crippen molar-refractivity contribution in [3.05, 3.63) is 0 Å². The summed E-state index contributed by atoms with van der Waals surface area (Å²) in [5.41, 5.74) is 0. The summed E-state index contributed by atoms with van der Waals surface area (Å²) in [4.78, 5) is 37.0. The standard InChI is InChI=1S/C13H25N3O5/c1-10(2)7-16(9-12(18)19)13(20)15(3)8-11(17)14-5-6-21-4/h10H,5-9H2,1-4H3,(H,14,17)(H,18,19). The van der Waals surface area contributed by atoms with Crippen molar-refractivity contribution in [2.75, 3.05) is 46.9 Å². The molecule has 0 aromatic heterocycles. The van der Waals surface area contributed by atoms with Gasteiger partial charge < -0.3 is 25.0 Å². The van der Waals surface area contributed by atoms with Gasteiger partial charge in [0.1, 0.15) is 13.1 Å². The number of likely N-dealkylation sites (N-methyl/N-ethyl adjacent to an activating group) is 1. The number of carbonyl (C=O) groups is 3. The minimum absolute atomic E-state index is 0.128. The first-order valence-corrected chi connectivity index (χ1v) is 6.75. The average molecular weight is 303 g/mol. The fourth-order valence-electron chi connectivity index (χ4n) is 1.69. The molecule has 0 aromatic carbocycles. The predicted molar refractivity (Wildman–Crippen MR) is 77.0 cm³/mol. The summed E-state index contributed by atoms with van der Waals surface area (Å²) < 4.78 is 4.80. The number of carboxylic acids is 1. The van der Waals surface area contributed by atoms with Crippen molar-refractivity contribution in [2.45, 2.75) is 13.8 Å². The molecule has 3 amide bonds. The number of carboxylic acid groups (broad SMARTS) is 1. The van der Waals surface area contributed by atoms with Crippen LogP contribution in [0.1, 0.15) is 13.8 Å². The number of nitrogens with one attached hydrogen (secondary N) is 1. The van der Waals surface area contributed by atoms with Crippen LogP contribution in [0.25, 0.3) is 0 Å². The summed E-state index contributed by atoms with van der Waals surface area (Å²) in [5.74, 6) is -1.26. The van der Waals surface area contributed by atoms with Gasteiger partial charge in [-0.2, -0.15) is 0 Å². The quantitative estimate of drug-likeness (QED) is 0.577. The molecule has 8 nitrogen and oxygen atoms in total. The van der Waals surface area contributed by atoms with Gasteiger partial charge in [-0.15, -0.1) is 0 Å². The Balaban J connectivity index is 4.47. The maximum absolute atomic E-state index is 12.2. The van der Waals surface area contributed by atoms with Gasteiger partial charge >= 0.3 is 12.0 Å². The van der Waals surface area contributed by atoms with E-state index < -0.39 is 12.0 Å². The molecule has 2 N–H and O–H groups in total. The first-order valence-electron chi connectivity index (χ1n) is 6.75. The zero-order valence-electron chi connectivity index (χ0n) is 13.1. The molecule has 0 saturated carbocycles. The van der Waals surface area contributed by atoms with E-state index in [-0.39, 0.29) is 24.9 Å². The summed E-state index contributed by atoms with van der Waals surface area (Å²) in [6.07, 6.45) is 0. The zero-order valence-corrected chi connectivity index (χ0v) is 13.1. The molecule has 0 atom stereocenters. The van der Waals surface area contributed by atoms with Crippen molar-refractivity contribution in [1.82, 2.24) is 15.1 Å². The van der Waals surface area contributed by atoms with Crippen LogP contribution in [0.5, 0.6) is 0 Å². The largest absolute Gasteiger partial charge is 0.480 e. The molecule has 0 fully saturated rings. The van der Waals surface area contributed by atoms with Gasteiger partial charge in [-0.05, 0) is 5.92 Å². The molecule has 122 valence electrons. The highest BCUT2D eigenvalue weighted by molar-refractivity contribution is 5.85. The van der Waals surface area contributed by atoms with Crippen LogP contribution in [0.3, 0.4) is 0 Å². The molecule has 0 bridgehead atoms. The fraction of sp³-hybridized carbons (Fsp3) is 0.769. The van der Waals surface area contributed by atoms with E-state index in [1.165, 1.54) is 24.0 Å². The minimum Gasteiger partial charge on any atom is -0.480 e. The van der Waals surface area contributed by atoms with Gasteiger partial charge in [0.05, 0.1) is 6.61 Å². The molecular formula is C13H25N3O5. The average Bonchev–Trinajstić information content (AvgIpc) is 2.36. The zero-order chi connectivity index (χ0) is 16.4. The first-order chi connectivity index (χ1) is 9.77. The molecule has 0 unspecified atom stereocenters. The Bertz CT molecular complexity index is 360. The van der Waals surface area contributed by atoms with E-state index in [9.17, 15) is 14.4 Å². The number of ether oxygens (including phenoxy) is 1. The number of carbonyl (C=O) groups excluding carboxylic acids is 2. The Morgan fingerprint density at radius 3 is 2.33 bits per heavy atom. The molecule has 0 spiro atoms. The van der Waals surface area contributed by atoms with E-state index in [0.29, 0.717) is 19.7 Å².